The highest BCUT2D eigenvalue weighted by Crippen LogP contribution is 2.27. The van der Waals surface area contributed by atoms with E-state index >= 15 is 0 Å². The van der Waals surface area contributed by atoms with Gasteiger partial charge in [-0.15, -0.1) is 10.2 Å². The third-order valence-electron chi connectivity index (χ3n) is 5.88. The molecule has 1 atom stereocenters. The molecule has 0 radical (unpaired) electrons. The Morgan fingerprint density at radius 1 is 0.971 bits per heavy atom. The van der Waals surface area contributed by atoms with E-state index in [4.69, 9.17) is 0 Å². The molecule has 2 amide bonds. The van der Waals surface area contributed by atoms with Crippen molar-refractivity contribution in [2.45, 2.75) is 66.2 Å². The normalized spacial score (nSPS) is 12.0. The van der Waals surface area contributed by atoms with E-state index in [1.165, 1.54) is 17.3 Å². The van der Waals surface area contributed by atoms with Gasteiger partial charge in [-0.25, -0.2) is 0 Å². The van der Waals surface area contributed by atoms with Crippen LogP contribution in [0.3, 0.4) is 0 Å². The van der Waals surface area contributed by atoms with Gasteiger partial charge < -0.3 is 15.2 Å². The van der Waals surface area contributed by atoms with Gasteiger partial charge in [0.1, 0.15) is 0 Å². The molecule has 1 heterocycles. The molecule has 0 saturated heterocycles. The quantitative estimate of drug-likeness (QED) is 0.390. The fraction of sp³-hybridized carbons (Fsp3) is 0.407. The second kappa shape index (κ2) is 11.5. The number of carbonyl (C=O) groups excluding carboxylic acids is 2. The Hall–Kier alpha value is -3.13. The average molecular weight is 494 g/mol. The van der Waals surface area contributed by atoms with Crippen molar-refractivity contribution < 1.29 is 9.59 Å². The molecule has 0 aliphatic carbocycles. The van der Waals surface area contributed by atoms with Gasteiger partial charge in [0.15, 0.2) is 11.0 Å². The molecular weight excluding hydrogens is 458 g/mol. The molecule has 7 nitrogen and oxygen atoms in total. The van der Waals surface area contributed by atoms with Crippen LogP contribution in [0.1, 0.15) is 65.2 Å². The summed E-state index contributed by atoms with van der Waals surface area (Å²) in [6, 6.07) is 11.3. The Labute approximate surface area is 212 Å². The number of benzene rings is 2. The van der Waals surface area contributed by atoms with Crippen LogP contribution < -0.4 is 10.6 Å². The number of hydrogen-bond acceptors (Lipinski definition) is 5. The summed E-state index contributed by atoms with van der Waals surface area (Å²) < 4.78 is 1.97. The monoisotopic (exact) mass is 493 g/mol. The summed E-state index contributed by atoms with van der Waals surface area (Å²) >= 11 is 1.35. The van der Waals surface area contributed by atoms with Crippen molar-refractivity contribution in [2.75, 3.05) is 11.1 Å². The molecule has 1 aromatic heterocycles. The van der Waals surface area contributed by atoms with E-state index in [1.807, 2.05) is 77.3 Å². The number of rotatable bonds is 9. The largest absolute Gasteiger partial charge is 0.342 e. The fourth-order valence-corrected chi connectivity index (χ4v) is 4.89. The summed E-state index contributed by atoms with van der Waals surface area (Å²) in [5.41, 5.74) is 5.83. The van der Waals surface area contributed by atoms with Gasteiger partial charge in [-0.2, -0.15) is 0 Å². The zero-order valence-corrected chi connectivity index (χ0v) is 22.4. The van der Waals surface area contributed by atoms with E-state index in [-0.39, 0.29) is 29.5 Å². The minimum absolute atomic E-state index is 0.0923. The van der Waals surface area contributed by atoms with Crippen LogP contribution in [0.25, 0.3) is 0 Å². The number of nitrogens with zero attached hydrogens (tertiary/aromatic N) is 3. The molecule has 2 aromatic carbocycles. The first-order chi connectivity index (χ1) is 16.6. The molecule has 186 valence electrons. The van der Waals surface area contributed by atoms with Crippen molar-refractivity contribution in [2.24, 2.45) is 5.92 Å². The highest BCUT2D eigenvalue weighted by molar-refractivity contribution is 7.99. The van der Waals surface area contributed by atoms with Gasteiger partial charge in [-0.05, 0) is 63.8 Å². The van der Waals surface area contributed by atoms with Crippen molar-refractivity contribution in [1.82, 2.24) is 20.1 Å². The minimum atomic E-state index is -0.308. The Kier molecular flexibility index (Phi) is 8.72. The fourth-order valence-electron chi connectivity index (χ4n) is 4.08. The van der Waals surface area contributed by atoms with E-state index in [1.54, 1.807) is 0 Å². The zero-order valence-electron chi connectivity index (χ0n) is 21.6. The smallest absolute Gasteiger partial charge is 0.251 e. The van der Waals surface area contributed by atoms with E-state index in [9.17, 15) is 9.59 Å². The lowest BCUT2D eigenvalue weighted by Gasteiger charge is -2.22. The maximum absolute atomic E-state index is 12.9. The number of amides is 2. The van der Waals surface area contributed by atoms with Gasteiger partial charge in [0, 0.05) is 17.8 Å². The van der Waals surface area contributed by atoms with Crippen molar-refractivity contribution in [1.29, 1.82) is 0 Å². The first kappa shape index (κ1) is 26.5. The highest BCUT2D eigenvalue weighted by Gasteiger charge is 2.26. The summed E-state index contributed by atoms with van der Waals surface area (Å²) in [5.74, 6) is 0.771. The number of carbonyl (C=O) groups is 2. The number of aryl methyl sites for hydroxylation is 4. The predicted molar refractivity (Wildman–Crippen MR) is 142 cm³/mol. The van der Waals surface area contributed by atoms with Gasteiger partial charge in [0.25, 0.3) is 5.91 Å². The highest BCUT2D eigenvalue weighted by atomic mass is 32.2. The summed E-state index contributed by atoms with van der Waals surface area (Å²) in [7, 11) is 0. The average Bonchev–Trinajstić information content (AvgIpc) is 3.21. The van der Waals surface area contributed by atoms with Crippen molar-refractivity contribution in [3.05, 3.63) is 70.0 Å². The molecule has 0 aliphatic heterocycles. The molecule has 0 saturated carbocycles. The lowest BCUT2D eigenvalue weighted by atomic mass is 10.0. The van der Waals surface area contributed by atoms with Crippen LogP contribution in [0.4, 0.5) is 5.69 Å². The summed E-state index contributed by atoms with van der Waals surface area (Å²) in [4.78, 5) is 25.6. The number of nitrogens with one attached hydrogen (secondary N) is 2. The summed E-state index contributed by atoms with van der Waals surface area (Å²) in [6.45, 7) is 14.8. The molecule has 0 unspecified atom stereocenters. The minimum Gasteiger partial charge on any atom is -0.342 e. The van der Waals surface area contributed by atoms with E-state index in [0.29, 0.717) is 23.1 Å². The van der Waals surface area contributed by atoms with Crippen LogP contribution in [0.2, 0.25) is 0 Å². The lowest BCUT2D eigenvalue weighted by molar-refractivity contribution is -0.113. The summed E-state index contributed by atoms with van der Waals surface area (Å²) in [6.07, 6.45) is 0. The third kappa shape index (κ3) is 6.51. The summed E-state index contributed by atoms with van der Waals surface area (Å²) in [5, 5.41) is 15.6. The lowest BCUT2D eigenvalue weighted by Crippen LogP contribution is -2.33. The number of hydrogen-bond donors (Lipinski definition) is 2. The second-order valence-corrected chi connectivity index (χ2v) is 10.2. The Balaban J connectivity index is 1.72. The second-order valence-electron chi connectivity index (χ2n) is 9.26. The van der Waals surface area contributed by atoms with Gasteiger partial charge in [0.2, 0.25) is 5.91 Å². The molecule has 0 aliphatic rings. The third-order valence-corrected chi connectivity index (χ3v) is 6.85. The van der Waals surface area contributed by atoms with E-state index in [0.717, 1.165) is 22.4 Å². The van der Waals surface area contributed by atoms with Gasteiger partial charge >= 0.3 is 0 Å². The van der Waals surface area contributed by atoms with Gasteiger partial charge in [0.05, 0.1) is 11.8 Å². The molecule has 3 rings (SSSR count). The number of aromatic nitrogens is 3. The molecule has 8 heteroatoms. The maximum Gasteiger partial charge on any atom is 0.251 e. The van der Waals surface area contributed by atoms with Gasteiger partial charge in [-0.3, -0.25) is 9.59 Å². The van der Waals surface area contributed by atoms with E-state index < -0.39 is 0 Å². The number of thioether (sulfide) groups is 1. The standard InChI is InChI=1S/C27H35N5O2S/c1-8-32-25(23(16(2)3)29-26(34)21-11-9-17(4)10-12-21)30-31-27(32)35-15-22(33)28-24-19(6)13-18(5)14-20(24)7/h9-14,16,23H,8,15H2,1-7H3,(H,28,33)(H,29,34)/t23-/m1/s1. The zero-order chi connectivity index (χ0) is 25.7. The van der Waals surface area contributed by atoms with Crippen LogP contribution in [0.5, 0.6) is 0 Å². The molecular formula is C27H35N5O2S. The Morgan fingerprint density at radius 3 is 2.17 bits per heavy atom. The Bertz CT molecular complexity index is 1180. The molecule has 0 fully saturated rings. The van der Waals surface area contributed by atoms with Crippen LogP contribution in [0, 0.1) is 33.6 Å². The van der Waals surface area contributed by atoms with Crippen LogP contribution in [-0.4, -0.2) is 32.3 Å². The van der Waals surface area contributed by atoms with E-state index in [2.05, 4.69) is 33.0 Å². The number of anilines is 1. The SMILES string of the molecule is CCn1c(SCC(=O)Nc2c(C)cc(C)cc2C)nnc1[C@H](NC(=O)c1ccc(C)cc1)C(C)C. The maximum atomic E-state index is 12.9. The van der Waals surface area contributed by atoms with Crippen LogP contribution in [-0.2, 0) is 11.3 Å². The Morgan fingerprint density at radius 2 is 1.60 bits per heavy atom. The first-order valence-corrected chi connectivity index (χ1v) is 12.9. The van der Waals surface area contributed by atoms with Gasteiger partial charge in [-0.1, -0.05) is 61.0 Å². The van der Waals surface area contributed by atoms with Crippen molar-refractivity contribution >= 4 is 29.3 Å². The van der Waals surface area contributed by atoms with Crippen molar-refractivity contribution in [3.8, 4) is 0 Å². The van der Waals surface area contributed by atoms with Crippen LogP contribution in [0.15, 0.2) is 41.6 Å². The van der Waals surface area contributed by atoms with Crippen LogP contribution >= 0.6 is 11.8 Å². The van der Waals surface area contributed by atoms with Crippen molar-refractivity contribution in [3.63, 3.8) is 0 Å². The molecule has 35 heavy (non-hydrogen) atoms. The molecule has 2 N–H and O–H groups in total. The topological polar surface area (TPSA) is 88.9 Å². The first-order valence-electron chi connectivity index (χ1n) is 11.9. The predicted octanol–water partition coefficient (Wildman–Crippen LogP) is 5.39. The molecule has 0 spiro atoms. The molecule has 0 bridgehead atoms. The molecule has 3 aromatic rings.